The topological polar surface area (TPSA) is 54.4 Å². The second-order valence-electron chi connectivity index (χ2n) is 3.05. The summed E-state index contributed by atoms with van der Waals surface area (Å²) in [6, 6.07) is 0. The van der Waals surface area contributed by atoms with Crippen molar-refractivity contribution in [2.75, 3.05) is 5.75 Å². The fourth-order valence-corrected chi connectivity index (χ4v) is 1.63. The second-order valence-corrected chi connectivity index (χ2v) is 4.63. The van der Waals surface area contributed by atoms with E-state index in [4.69, 9.17) is 4.55 Å². The zero-order chi connectivity index (χ0) is 9.45. The number of unbranched alkanes of at least 4 members (excludes halogenated alkanes) is 5. The number of hydrogen-bond donors (Lipinski definition) is 1. The van der Waals surface area contributed by atoms with Crippen LogP contribution < -0.4 is 0 Å². The standard InChI is InChI=1S/C8H18O3S.Tl/c1-2-3-4-5-6-7-8-12(9,10)11;/h2-8H2,1H3,(H,9,10,11);. The number of rotatable bonds is 7. The maximum Gasteiger partial charge on any atom is 0.264 e. The van der Waals surface area contributed by atoms with Gasteiger partial charge in [-0.3, -0.25) is 4.55 Å². The van der Waals surface area contributed by atoms with Crippen LogP contribution in [0.4, 0.5) is 0 Å². The molecule has 5 heteroatoms. The van der Waals surface area contributed by atoms with Crippen LogP contribution >= 0.6 is 0 Å². The summed E-state index contributed by atoms with van der Waals surface area (Å²) in [6.45, 7) is 2.14. The average molecular weight is 399 g/mol. The molecule has 0 saturated heterocycles. The summed E-state index contributed by atoms with van der Waals surface area (Å²) in [7, 11) is -3.72. The predicted molar refractivity (Wildman–Crippen MR) is 55.5 cm³/mol. The first-order valence-corrected chi connectivity index (χ1v) is 6.12. The van der Waals surface area contributed by atoms with Gasteiger partial charge in [0.25, 0.3) is 10.1 Å². The smallest absolute Gasteiger partial charge is 0.264 e. The van der Waals surface area contributed by atoms with Crippen LogP contribution in [0.15, 0.2) is 0 Å². The molecule has 0 aromatic heterocycles. The zero-order valence-electron chi connectivity index (χ0n) is 8.20. The summed E-state index contributed by atoms with van der Waals surface area (Å²) in [5.41, 5.74) is 0. The molecular formula is C8H18O3STl. The fraction of sp³-hybridized carbons (Fsp3) is 1.00. The Morgan fingerprint density at radius 3 is 1.92 bits per heavy atom. The Bertz CT molecular complexity index is 190. The minimum absolute atomic E-state index is 0. The molecule has 0 spiro atoms. The summed E-state index contributed by atoms with van der Waals surface area (Å²) in [6.07, 6.45) is 6.14. The van der Waals surface area contributed by atoms with Crippen LogP contribution in [0.2, 0.25) is 0 Å². The van der Waals surface area contributed by atoms with E-state index in [1.54, 1.807) is 0 Å². The maximum atomic E-state index is 10.3. The molecule has 1 radical (unpaired) electrons. The van der Waals surface area contributed by atoms with Crippen LogP contribution in [0.25, 0.3) is 0 Å². The van der Waals surface area contributed by atoms with Crippen molar-refractivity contribution in [3.8, 4) is 0 Å². The molecule has 0 aliphatic rings. The molecule has 0 rings (SSSR count). The van der Waals surface area contributed by atoms with Gasteiger partial charge >= 0.3 is 0 Å². The van der Waals surface area contributed by atoms with Gasteiger partial charge in [-0.05, 0) is 6.42 Å². The van der Waals surface area contributed by atoms with E-state index >= 15 is 0 Å². The van der Waals surface area contributed by atoms with Crippen LogP contribution in [-0.2, 0) is 10.1 Å². The molecule has 1 N–H and O–H groups in total. The second kappa shape index (κ2) is 9.39. The van der Waals surface area contributed by atoms with Crippen LogP contribution in [0, 0.1) is 0 Å². The van der Waals surface area contributed by atoms with Crippen LogP contribution in [0.1, 0.15) is 45.4 Å². The largest absolute Gasteiger partial charge is 0.286 e. The molecule has 0 bridgehead atoms. The fourth-order valence-electron chi connectivity index (χ4n) is 1.06. The third kappa shape index (κ3) is 15.6. The molecule has 0 aromatic rings. The van der Waals surface area contributed by atoms with Gasteiger partial charge in [0.15, 0.2) is 0 Å². The Balaban J connectivity index is 0. The summed E-state index contributed by atoms with van der Waals surface area (Å²) in [5.74, 6) is -0.0842. The Labute approximate surface area is 101 Å². The molecular weight excluding hydrogens is 381 g/mol. The van der Waals surface area contributed by atoms with Crippen molar-refractivity contribution in [1.82, 2.24) is 0 Å². The van der Waals surface area contributed by atoms with Crippen molar-refractivity contribution in [1.29, 1.82) is 0 Å². The van der Waals surface area contributed by atoms with Crippen molar-refractivity contribution >= 4 is 37.4 Å². The van der Waals surface area contributed by atoms with Crippen LogP contribution in [0.5, 0.6) is 0 Å². The van der Waals surface area contributed by atoms with Gasteiger partial charge < -0.3 is 0 Å². The van der Waals surface area contributed by atoms with Crippen molar-refractivity contribution < 1.29 is 13.0 Å². The van der Waals surface area contributed by atoms with Gasteiger partial charge in [-0.2, -0.15) is 8.42 Å². The molecule has 0 amide bonds. The molecule has 0 atom stereocenters. The molecule has 0 saturated carbocycles. The first-order valence-electron chi connectivity index (χ1n) is 4.51. The third-order valence-electron chi connectivity index (χ3n) is 1.76. The third-order valence-corrected chi connectivity index (χ3v) is 2.56. The Morgan fingerprint density at radius 2 is 1.46 bits per heavy atom. The predicted octanol–water partition coefficient (Wildman–Crippen LogP) is 1.85. The number of hydrogen-bond acceptors (Lipinski definition) is 2. The minimum Gasteiger partial charge on any atom is -0.286 e. The van der Waals surface area contributed by atoms with E-state index in [2.05, 4.69) is 6.92 Å². The molecule has 0 heterocycles. The van der Waals surface area contributed by atoms with Gasteiger partial charge in [-0.1, -0.05) is 39.0 Å². The molecule has 0 aliphatic heterocycles. The molecule has 0 aromatic carbocycles. The minimum atomic E-state index is -3.72. The summed E-state index contributed by atoms with van der Waals surface area (Å²) < 4.78 is 28.9. The van der Waals surface area contributed by atoms with Crippen molar-refractivity contribution in [2.45, 2.75) is 45.4 Å². The summed E-state index contributed by atoms with van der Waals surface area (Å²) in [5, 5.41) is 0. The van der Waals surface area contributed by atoms with Crippen molar-refractivity contribution in [3.63, 3.8) is 0 Å². The van der Waals surface area contributed by atoms with Gasteiger partial charge in [-0.25, -0.2) is 0 Å². The van der Waals surface area contributed by atoms with Gasteiger partial charge in [0, 0.05) is 27.3 Å². The Kier molecular flexibility index (Phi) is 11.8. The van der Waals surface area contributed by atoms with Gasteiger partial charge in [0.2, 0.25) is 0 Å². The molecule has 0 fully saturated rings. The van der Waals surface area contributed by atoms with Crippen molar-refractivity contribution in [2.24, 2.45) is 0 Å². The first-order chi connectivity index (χ1) is 5.56. The van der Waals surface area contributed by atoms with E-state index in [1.807, 2.05) is 0 Å². The van der Waals surface area contributed by atoms with Crippen LogP contribution in [0.3, 0.4) is 0 Å². The quantitative estimate of drug-likeness (QED) is 0.405. The molecule has 0 aliphatic carbocycles. The van der Waals surface area contributed by atoms with Crippen molar-refractivity contribution in [3.05, 3.63) is 0 Å². The molecule has 13 heavy (non-hydrogen) atoms. The maximum absolute atomic E-state index is 10.3. The molecule has 3 nitrogen and oxygen atoms in total. The van der Waals surface area contributed by atoms with E-state index in [0.717, 1.165) is 12.8 Å². The monoisotopic (exact) mass is 399 g/mol. The van der Waals surface area contributed by atoms with E-state index < -0.39 is 10.1 Å². The van der Waals surface area contributed by atoms with E-state index in [-0.39, 0.29) is 33.1 Å². The summed E-state index contributed by atoms with van der Waals surface area (Å²) >= 11 is 0. The zero-order valence-corrected chi connectivity index (χ0v) is 13.5. The Hall–Kier alpha value is 0.832. The van der Waals surface area contributed by atoms with Gasteiger partial charge in [-0.15, -0.1) is 0 Å². The van der Waals surface area contributed by atoms with E-state index in [9.17, 15) is 8.42 Å². The molecule has 77 valence electrons. The summed E-state index contributed by atoms with van der Waals surface area (Å²) in [4.78, 5) is 0. The Morgan fingerprint density at radius 1 is 1.00 bits per heavy atom. The first kappa shape index (κ1) is 16.3. The SMILES string of the molecule is CCCCCCCCS(=O)(=O)O.[Tl]. The normalized spacial score (nSPS) is 10.9. The molecule has 0 unspecified atom stereocenters. The van der Waals surface area contributed by atoms with E-state index in [1.165, 1.54) is 19.3 Å². The average Bonchev–Trinajstić information content (AvgIpc) is 1.94. The van der Waals surface area contributed by atoms with E-state index in [0.29, 0.717) is 6.42 Å². The van der Waals surface area contributed by atoms with Gasteiger partial charge in [0.05, 0.1) is 5.75 Å². The van der Waals surface area contributed by atoms with Gasteiger partial charge in [0.1, 0.15) is 0 Å². The van der Waals surface area contributed by atoms with Crippen LogP contribution in [-0.4, -0.2) is 46.0 Å².